The summed E-state index contributed by atoms with van der Waals surface area (Å²) in [5.41, 5.74) is 2.98. The molecule has 0 aromatic heterocycles. The first-order valence-electron chi connectivity index (χ1n) is 7.79. The minimum atomic E-state index is -0.258. The van der Waals surface area contributed by atoms with Crippen LogP contribution in [-0.4, -0.2) is 0 Å². The molecule has 0 nitrogen and oxygen atoms in total. The monoisotopic (exact) mass is 302 g/mol. The maximum atomic E-state index is 12.8. The lowest BCUT2D eigenvalue weighted by atomic mass is 10.1. The molecular weight excluding hydrogens is 283 g/mol. The Kier molecular flexibility index (Phi) is 6.70. The van der Waals surface area contributed by atoms with Gasteiger partial charge in [0.05, 0.1) is 0 Å². The minimum absolute atomic E-state index is 0.258. The summed E-state index contributed by atoms with van der Waals surface area (Å²) in [6, 6.07) is 14.3. The van der Waals surface area contributed by atoms with Crippen LogP contribution < -0.4 is 0 Å². The van der Waals surface area contributed by atoms with Crippen molar-refractivity contribution in [3.63, 3.8) is 0 Å². The maximum Gasteiger partial charge on any atom is 0.123 e. The molecule has 0 aliphatic carbocycles. The molecule has 0 unspecified atom stereocenters. The Hall–Kier alpha value is -2.77. The molecule has 0 aliphatic rings. The molecule has 0 radical (unpaired) electrons. The molecule has 114 valence electrons. The third-order valence-electron chi connectivity index (χ3n) is 3.25. The topological polar surface area (TPSA) is 0 Å². The number of hydrogen-bond donors (Lipinski definition) is 0. The van der Waals surface area contributed by atoms with Crippen LogP contribution in [0.3, 0.4) is 0 Å². The Balaban J connectivity index is 1.93. The molecular formula is C22H19F. The Bertz CT molecular complexity index is 757. The van der Waals surface area contributed by atoms with Gasteiger partial charge in [0.15, 0.2) is 0 Å². The lowest BCUT2D eigenvalue weighted by molar-refractivity contribution is 0.627. The highest BCUT2D eigenvalue weighted by Gasteiger charge is 1.90. The third-order valence-corrected chi connectivity index (χ3v) is 3.25. The van der Waals surface area contributed by atoms with E-state index in [2.05, 4.69) is 54.9 Å². The van der Waals surface area contributed by atoms with Crippen molar-refractivity contribution in [3.05, 3.63) is 83.2 Å². The highest BCUT2D eigenvalue weighted by atomic mass is 19.1. The summed E-state index contributed by atoms with van der Waals surface area (Å²) in [6.07, 6.45) is 7.70. The summed E-state index contributed by atoms with van der Waals surface area (Å²) < 4.78 is 12.8. The van der Waals surface area contributed by atoms with Gasteiger partial charge in [-0.1, -0.05) is 49.5 Å². The van der Waals surface area contributed by atoms with Gasteiger partial charge in [0.25, 0.3) is 0 Å². The van der Waals surface area contributed by atoms with E-state index in [1.165, 1.54) is 24.1 Å². The normalized spacial score (nSPS) is 9.83. The second-order valence-corrected chi connectivity index (χ2v) is 5.17. The minimum Gasteiger partial charge on any atom is -0.207 e. The van der Waals surface area contributed by atoms with E-state index in [-0.39, 0.29) is 5.82 Å². The zero-order valence-corrected chi connectivity index (χ0v) is 13.3. The molecule has 2 aromatic carbocycles. The standard InChI is InChI=1S/C22H19F/c1-2-3-4-5-8-19-11-13-20(14-12-19)9-6-7-10-21-15-17-22(23)18-16-21/h4-5,11-18H,2-3,8H2,1H3/b5-4+. The van der Waals surface area contributed by atoms with Crippen LogP contribution in [0.1, 0.15) is 36.5 Å². The van der Waals surface area contributed by atoms with Crippen LogP contribution in [0.4, 0.5) is 4.39 Å². The number of allylic oxidation sites excluding steroid dienone is 2. The number of benzene rings is 2. The van der Waals surface area contributed by atoms with E-state index in [4.69, 9.17) is 0 Å². The summed E-state index contributed by atoms with van der Waals surface area (Å²) in [4.78, 5) is 0. The fourth-order valence-electron chi connectivity index (χ4n) is 1.97. The second-order valence-electron chi connectivity index (χ2n) is 5.17. The SMILES string of the molecule is CCC/C=C/Cc1ccc(C#CC#Cc2ccc(F)cc2)cc1. The molecule has 23 heavy (non-hydrogen) atoms. The second kappa shape index (κ2) is 9.29. The first-order valence-corrected chi connectivity index (χ1v) is 7.79. The van der Waals surface area contributed by atoms with E-state index in [9.17, 15) is 4.39 Å². The van der Waals surface area contributed by atoms with Crippen molar-refractivity contribution in [2.75, 3.05) is 0 Å². The first-order chi connectivity index (χ1) is 11.3. The van der Waals surface area contributed by atoms with Crippen molar-refractivity contribution >= 4 is 0 Å². The molecule has 0 spiro atoms. The molecule has 2 aromatic rings. The van der Waals surface area contributed by atoms with Crippen LogP contribution in [-0.2, 0) is 6.42 Å². The molecule has 0 saturated heterocycles. The zero-order valence-electron chi connectivity index (χ0n) is 13.3. The van der Waals surface area contributed by atoms with Crippen molar-refractivity contribution in [1.29, 1.82) is 0 Å². The molecule has 0 bridgehead atoms. The summed E-state index contributed by atoms with van der Waals surface area (Å²) in [5, 5.41) is 0. The average Bonchev–Trinajstić information content (AvgIpc) is 2.58. The van der Waals surface area contributed by atoms with E-state index in [0.717, 1.165) is 24.0 Å². The average molecular weight is 302 g/mol. The van der Waals surface area contributed by atoms with Crippen LogP contribution in [0, 0.1) is 29.5 Å². The third kappa shape index (κ3) is 6.25. The molecule has 0 aliphatic heterocycles. The van der Waals surface area contributed by atoms with Gasteiger partial charge < -0.3 is 0 Å². The zero-order chi connectivity index (χ0) is 16.3. The van der Waals surface area contributed by atoms with Gasteiger partial charge in [0.2, 0.25) is 0 Å². The Labute approximate surface area is 138 Å². The molecule has 1 heteroatoms. The number of rotatable bonds is 4. The molecule has 0 fully saturated rings. The van der Waals surface area contributed by atoms with Crippen LogP contribution in [0.25, 0.3) is 0 Å². The van der Waals surface area contributed by atoms with Gasteiger partial charge in [-0.2, -0.15) is 0 Å². The predicted molar refractivity (Wildman–Crippen MR) is 94.4 cm³/mol. The quantitative estimate of drug-likeness (QED) is 0.542. The molecule has 0 heterocycles. The molecule has 0 N–H and O–H groups in total. The highest BCUT2D eigenvalue weighted by molar-refractivity contribution is 5.44. The van der Waals surface area contributed by atoms with Gasteiger partial charge in [0, 0.05) is 11.1 Å². The van der Waals surface area contributed by atoms with Crippen molar-refractivity contribution in [3.8, 4) is 23.7 Å². The van der Waals surface area contributed by atoms with E-state index in [0.29, 0.717) is 0 Å². The van der Waals surface area contributed by atoms with Crippen molar-refractivity contribution in [2.24, 2.45) is 0 Å². The van der Waals surface area contributed by atoms with Crippen molar-refractivity contribution in [2.45, 2.75) is 26.2 Å². The molecule has 0 saturated carbocycles. The summed E-state index contributed by atoms with van der Waals surface area (Å²) in [6.45, 7) is 2.18. The number of unbranched alkanes of at least 4 members (excludes halogenated alkanes) is 1. The molecule has 0 amide bonds. The van der Waals surface area contributed by atoms with E-state index in [1.807, 2.05) is 12.1 Å². The van der Waals surface area contributed by atoms with Crippen molar-refractivity contribution < 1.29 is 4.39 Å². The summed E-state index contributed by atoms with van der Waals surface area (Å²) in [7, 11) is 0. The highest BCUT2D eigenvalue weighted by Crippen LogP contribution is 2.05. The largest absolute Gasteiger partial charge is 0.207 e. The molecule has 2 rings (SSSR count). The number of hydrogen-bond acceptors (Lipinski definition) is 0. The number of halogens is 1. The van der Waals surface area contributed by atoms with Crippen LogP contribution in [0.2, 0.25) is 0 Å². The Morgan fingerprint density at radius 3 is 1.96 bits per heavy atom. The van der Waals surface area contributed by atoms with Crippen LogP contribution in [0.15, 0.2) is 60.7 Å². The fraction of sp³-hybridized carbons (Fsp3) is 0.182. The first kappa shape index (κ1) is 16.6. The fourth-order valence-corrected chi connectivity index (χ4v) is 1.97. The Morgan fingerprint density at radius 2 is 1.39 bits per heavy atom. The maximum absolute atomic E-state index is 12.8. The van der Waals surface area contributed by atoms with Crippen LogP contribution >= 0.6 is 0 Å². The van der Waals surface area contributed by atoms with Crippen molar-refractivity contribution in [1.82, 2.24) is 0 Å². The van der Waals surface area contributed by atoms with Gasteiger partial charge in [-0.15, -0.1) is 0 Å². The van der Waals surface area contributed by atoms with E-state index >= 15 is 0 Å². The summed E-state index contributed by atoms with van der Waals surface area (Å²) >= 11 is 0. The van der Waals surface area contributed by atoms with Gasteiger partial charge >= 0.3 is 0 Å². The van der Waals surface area contributed by atoms with Crippen LogP contribution in [0.5, 0.6) is 0 Å². The van der Waals surface area contributed by atoms with Gasteiger partial charge in [-0.05, 0) is 66.6 Å². The predicted octanol–water partition coefficient (Wildman–Crippen LogP) is 5.13. The van der Waals surface area contributed by atoms with Gasteiger partial charge in [0.1, 0.15) is 5.82 Å². The lowest BCUT2D eigenvalue weighted by Crippen LogP contribution is -1.81. The van der Waals surface area contributed by atoms with E-state index in [1.54, 1.807) is 12.1 Å². The lowest BCUT2D eigenvalue weighted by Gasteiger charge is -1.96. The van der Waals surface area contributed by atoms with Gasteiger partial charge in [-0.25, -0.2) is 4.39 Å². The van der Waals surface area contributed by atoms with E-state index < -0.39 is 0 Å². The molecule has 0 atom stereocenters. The summed E-state index contributed by atoms with van der Waals surface area (Å²) in [5.74, 6) is 11.3. The van der Waals surface area contributed by atoms with Gasteiger partial charge in [-0.3, -0.25) is 0 Å². The smallest absolute Gasteiger partial charge is 0.123 e. The Morgan fingerprint density at radius 1 is 0.826 bits per heavy atom.